The summed E-state index contributed by atoms with van der Waals surface area (Å²) in [5.41, 5.74) is 2.38. The summed E-state index contributed by atoms with van der Waals surface area (Å²) in [5, 5.41) is 5.57. The van der Waals surface area contributed by atoms with E-state index in [1.54, 1.807) is 77.4 Å². The number of rotatable bonds is 8. The number of sulfone groups is 1. The number of benzene rings is 3. The molecule has 35 heavy (non-hydrogen) atoms. The highest BCUT2D eigenvalue weighted by atomic mass is 32.2. The molecule has 180 valence electrons. The van der Waals surface area contributed by atoms with Gasteiger partial charge in [0.2, 0.25) is 5.91 Å². The maximum absolute atomic E-state index is 13.0. The molecule has 0 aliphatic rings. The molecule has 9 nitrogen and oxygen atoms in total. The number of nitrogens with zero attached hydrogens (tertiary/aromatic N) is 2. The predicted octanol–water partition coefficient (Wildman–Crippen LogP) is 3.48. The Kier molecular flexibility index (Phi) is 6.83. The molecule has 0 atom stereocenters. The van der Waals surface area contributed by atoms with Gasteiger partial charge in [-0.1, -0.05) is 30.3 Å². The number of carbonyl (C=O) groups is 2. The van der Waals surface area contributed by atoms with Crippen molar-refractivity contribution < 1.29 is 22.7 Å². The molecule has 0 unspecified atom stereocenters. The Hall–Kier alpha value is -4.18. The molecule has 4 aromatic rings. The zero-order valence-corrected chi connectivity index (χ0v) is 20.0. The highest BCUT2D eigenvalue weighted by molar-refractivity contribution is 7.89. The molecule has 0 saturated carbocycles. The van der Waals surface area contributed by atoms with Gasteiger partial charge in [-0.2, -0.15) is 0 Å². The standard InChI is InChI=1S/C25H24N4O5S/c1-34-18-9-7-8-17(14-18)26-25(31)19-10-3-4-11-20(19)28-24(30)15-29-22-13-6-5-12-21(22)27-23(29)16-35(2,32)33/h3-14H,15-16H2,1-2H3,(H,26,31)(H,28,30). The average Bonchev–Trinajstić information content (AvgIpc) is 3.14. The number of hydrogen-bond donors (Lipinski definition) is 2. The quantitative estimate of drug-likeness (QED) is 0.389. The topological polar surface area (TPSA) is 119 Å². The van der Waals surface area contributed by atoms with Gasteiger partial charge in [0.1, 0.15) is 23.9 Å². The predicted molar refractivity (Wildman–Crippen MR) is 134 cm³/mol. The number of aromatic nitrogens is 2. The molecule has 1 aromatic heterocycles. The number of imidazole rings is 1. The van der Waals surface area contributed by atoms with Crippen LogP contribution in [0.25, 0.3) is 11.0 Å². The number of fused-ring (bicyclic) bond motifs is 1. The molecule has 10 heteroatoms. The van der Waals surface area contributed by atoms with Crippen molar-refractivity contribution in [1.82, 2.24) is 9.55 Å². The lowest BCUT2D eigenvalue weighted by atomic mass is 10.1. The van der Waals surface area contributed by atoms with Gasteiger partial charge in [-0.15, -0.1) is 0 Å². The number of anilines is 2. The van der Waals surface area contributed by atoms with Gasteiger partial charge in [-0.25, -0.2) is 13.4 Å². The molecule has 4 rings (SSSR count). The summed E-state index contributed by atoms with van der Waals surface area (Å²) < 4.78 is 30.6. The third kappa shape index (κ3) is 5.85. The fraction of sp³-hybridized carbons (Fsp3) is 0.160. The molecule has 2 amide bonds. The van der Waals surface area contributed by atoms with Gasteiger partial charge in [0, 0.05) is 18.0 Å². The molecule has 1 heterocycles. The number of amides is 2. The van der Waals surface area contributed by atoms with Crippen LogP contribution in [-0.4, -0.2) is 43.1 Å². The van der Waals surface area contributed by atoms with Crippen molar-refractivity contribution in [2.75, 3.05) is 24.0 Å². The summed E-state index contributed by atoms with van der Waals surface area (Å²) in [4.78, 5) is 30.3. The minimum atomic E-state index is -3.37. The van der Waals surface area contributed by atoms with Crippen molar-refractivity contribution in [2.24, 2.45) is 0 Å². The molecule has 0 fully saturated rings. The van der Waals surface area contributed by atoms with Gasteiger partial charge in [-0.3, -0.25) is 9.59 Å². The zero-order chi connectivity index (χ0) is 25.0. The Morgan fingerprint density at radius 3 is 2.49 bits per heavy atom. The van der Waals surface area contributed by atoms with Crippen molar-refractivity contribution >= 4 is 44.1 Å². The Balaban J connectivity index is 1.56. The highest BCUT2D eigenvalue weighted by Gasteiger charge is 2.19. The molecule has 0 saturated heterocycles. The van der Waals surface area contributed by atoms with Crippen LogP contribution < -0.4 is 15.4 Å². The summed E-state index contributed by atoms with van der Waals surface area (Å²) in [5.74, 6) is -0.256. The van der Waals surface area contributed by atoms with Crippen LogP contribution in [0.2, 0.25) is 0 Å². The molecule has 0 spiro atoms. The molecule has 0 bridgehead atoms. The van der Waals surface area contributed by atoms with Gasteiger partial charge in [0.25, 0.3) is 5.91 Å². The first-order valence-corrected chi connectivity index (χ1v) is 12.8. The van der Waals surface area contributed by atoms with Crippen molar-refractivity contribution in [3.63, 3.8) is 0 Å². The number of hydrogen-bond acceptors (Lipinski definition) is 6. The first-order chi connectivity index (χ1) is 16.7. The van der Waals surface area contributed by atoms with Crippen LogP contribution in [-0.2, 0) is 26.9 Å². The molecule has 0 radical (unpaired) electrons. The first-order valence-electron chi connectivity index (χ1n) is 10.7. The molecular formula is C25H24N4O5S. The number of carbonyl (C=O) groups excluding carboxylic acids is 2. The van der Waals surface area contributed by atoms with E-state index < -0.39 is 21.7 Å². The van der Waals surface area contributed by atoms with Gasteiger partial charge >= 0.3 is 0 Å². The molecular weight excluding hydrogens is 468 g/mol. The second-order valence-corrected chi connectivity index (χ2v) is 10.1. The van der Waals surface area contributed by atoms with Crippen molar-refractivity contribution in [2.45, 2.75) is 12.3 Å². The Labute approximate surface area is 202 Å². The lowest BCUT2D eigenvalue weighted by Gasteiger charge is -2.13. The van der Waals surface area contributed by atoms with E-state index >= 15 is 0 Å². The van der Waals surface area contributed by atoms with E-state index in [-0.39, 0.29) is 23.7 Å². The van der Waals surface area contributed by atoms with E-state index in [9.17, 15) is 18.0 Å². The molecule has 3 aromatic carbocycles. The van der Waals surface area contributed by atoms with Crippen LogP contribution in [0.4, 0.5) is 11.4 Å². The van der Waals surface area contributed by atoms with Gasteiger partial charge in [0.05, 0.1) is 29.4 Å². The van der Waals surface area contributed by atoms with Gasteiger partial charge in [0.15, 0.2) is 9.84 Å². The summed E-state index contributed by atoms with van der Waals surface area (Å²) in [6, 6.07) is 20.7. The Morgan fingerprint density at radius 2 is 1.71 bits per heavy atom. The summed E-state index contributed by atoms with van der Waals surface area (Å²) in [7, 11) is -1.83. The zero-order valence-electron chi connectivity index (χ0n) is 19.2. The lowest BCUT2D eigenvalue weighted by molar-refractivity contribution is -0.116. The summed E-state index contributed by atoms with van der Waals surface area (Å²) >= 11 is 0. The minimum absolute atomic E-state index is 0.169. The minimum Gasteiger partial charge on any atom is -0.497 e. The fourth-order valence-corrected chi connectivity index (χ4v) is 4.36. The van der Waals surface area contributed by atoms with Crippen molar-refractivity contribution in [1.29, 1.82) is 0 Å². The van der Waals surface area contributed by atoms with E-state index in [1.165, 1.54) is 7.11 Å². The number of ether oxygens (including phenoxy) is 1. The largest absolute Gasteiger partial charge is 0.497 e. The maximum atomic E-state index is 13.0. The van der Waals surface area contributed by atoms with Gasteiger partial charge < -0.3 is 19.9 Å². The smallest absolute Gasteiger partial charge is 0.257 e. The number of methoxy groups -OCH3 is 1. The second-order valence-electron chi connectivity index (χ2n) is 7.95. The molecule has 0 aliphatic heterocycles. The molecule has 0 aliphatic carbocycles. The van der Waals surface area contributed by atoms with Crippen LogP contribution in [0.15, 0.2) is 72.8 Å². The SMILES string of the molecule is COc1cccc(NC(=O)c2ccccc2NC(=O)Cn2c(CS(C)(=O)=O)nc3ccccc32)c1. The first kappa shape index (κ1) is 24.0. The highest BCUT2D eigenvalue weighted by Crippen LogP contribution is 2.22. The fourth-order valence-electron chi connectivity index (χ4n) is 3.67. The lowest BCUT2D eigenvalue weighted by Crippen LogP contribution is -2.23. The maximum Gasteiger partial charge on any atom is 0.257 e. The van der Waals surface area contributed by atoms with Crippen LogP contribution in [0.5, 0.6) is 5.75 Å². The number of nitrogens with one attached hydrogen (secondary N) is 2. The van der Waals surface area contributed by atoms with E-state index in [0.29, 0.717) is 28.2 Å². The van der Waals surface area contributed by atoms with Crippen molar-refractivity contribution in [3.8, 4) is 5.75 Å². The second kappa shape index (κ2) is 9.98. The average molecular weight is 493 g/mol. The third-order valence-corrected chi connectivity index (χ3v) is 5.98. The monoisotopic (exact) mass is 492 g/mol. The van der Waals surface area contributed by atoms with Gasteiger partial charge in [-0.05, 0) is 36.4 Å². The Bertz CT molecular complexity index is 1510. The van der Waals surface area contributed by atoms with E-state index in [0.717, 1.165) is 6.26 Å². The van der Waals surface area contributed by atoms with E-state index in [2.05, 4.69) is 15.6 Å². The third-order valence-electron chi connectivity index (χ3n) is 5.20. The van der Waals surface area contributed by atoms with E-state index in [4.69, 9.17) is 4.74 Å². The number of para-hydroxylation sites is 3. The van der Waals surface area contributed by atoms with Crippen LogP contribution in [0.3, 0.4) is 0 Å². The van der Waals surface area contributed by atoms with Crippen molar-refractivity contribution in [3.05, 3.63) is 84.2 Å². The van der Waals surface area contributed by atoms with Crippen LogP contribution >= 0.6 is 0 Å². The summed E-state index contributed by atoms with van der Waals surface area (Å²) in [6.07, 6.45) is 1.12. The van der Waals surface area contributed by atoms with Crippen LogP contribution in [0, 0.1) is 0 Å². The summed E-state index contributed by atoms with van der Waals surface area (Å²) in [6.45, 7) is -0.169. The normalized spacial score (nSPS) is 11.3. The molecule has 2 N–H and O–H groups in total. The Morgan fingerprint density at radius 1 is 0.971 bits per heavy atom. The van der Waals surface area contributed by atoms with E-state index in [1.807, 2.05) is 0 Å². The van der Waals surface area contributed by atoms with Crippen LogP contribution in [0.1, 0.15) is 16.2 Å².